The Hall–Kier alpha value is -5.16. The molecule has 1 aromatic heterocycles. The largest absolute Gasteiger partial charge is 0.519 e. The lowest BCUT2D eigenvalue weighted by Crippen LogP contribution is -2.57. The Morgan fingerprint density at radius 1 is 0.932 bits per heavy atom. The van der Waals surface area contributed by atoms with Crippen LogP contribution in [0.4, 0.5) is 0 Å². The number of carbonyl (C=O) groups is 5. The van der Waals surface area contributed by atoms with E-state index in [-0.39, 0.29) is 30.3 Å². The SMILES string of the molecule is CC#CCOc1ccc(C[C@H](NC(=O)[C@@H](/C=C/CCCCCCC(=O)CCCCCCC)[C@@](O)(CC(=O)OCc2oc(=O)oc2C)C(=O)OC(C)(C)C)C(=O)OC)cc1. The third kappa shape index (κ3) is 19.0. The van der Waals surface area contributed by atoms with E-state index in [9.17, 15) is 33.9 Å². The maximum absolute atomic E-state index is 14.3. The minimum absolute atomic E-state index is 0.0343. The lowest BCUT2D eigenvalue weighted by Gasteiger charge is -2.34. The normalized spacial score (nSPS) is 13.4. The van der Waals surface area contributed by atoms with Crippen LogP contribution in [0, 0.1) is 24.7 Å². The fourth-order valence-corrected chi connectivity index (χ4v) is 6.03. The van der Waals surface area contributed by atoms with Crippen molar-refractivity contribution in [2.75, 3.05) is 13.7 Å². The second-order valence-corrected chi connectivity index (χ2v) is 15.4. The highest BCUT2D eigenvalue weighted by Gasteiger charge is 2.51. The fraction of sp³-hybridized carbons (Fsp3) is 0.600. The molecule has 0 radical (unpaired) electrons. The van der Waals surface area contributed by atoms with Crippen molar-refractivity contribution >= 4 is 29.6 Å². The lowest BCUT2D eigenvalue weighted by molar-refractivity contribution is -0.188. The first kappa shape index (κ1) is 50.0. The summed E-state index contributed by atoms with van der Waals surface area (Å²) in [4.78, 5) is 78.3. The van der Waals surface area contributed by atoms with Gasteiger partial charge < -0.3 is 38.2 Å². The van der Waals surface area contributed by atoms with Crippen LogP contribution in [0.15, 0.2) is 50.0 Å². The number of hydrogen-bond donors (Lipinski definition) is 2. The van der Waals surface area contributed by atoms with Crippen LogP contribution in [0.5, 0.6) is 5.75 Å². The van der Waals surface area contributed by atoms with Crippen molar-refractivity contribution < 1.29 is 56.9 Å². The molecule has 0 saturated carbocycles. The number of methoxy groups -OCH3 is 1. The second-order valence-electron chi connectivity index (χ2n) is 15.4. The number of ether oxygens (including phenoxy) is 4. The molecular formula is C45H63NO13. The van der Waals surface area contributed by atoms with Gasteiger partial charge in [0.25, 0.3) is 0 Å². The summed E-state index contributed by atoms with van der Waals surface area (Å²) in [6.45, 7) is 9.58. The van der Waals surface area contributed by atoms with Gasteiger partial charge in [-0.05, 0) is 78.0 Å². The topological polar surface area (TPSA) is 198 Å². The van der Waals surface area contributed by atoms with Crippen LogP contribution in [-0.2, 0) is 51.2 Å². The Morgan fingerprint density at radius 2 is 1.58 bits per heavy atom. The monoisotopic (exact) mass is 825 g/mol. The van der Waals surface area contributed by atoms with E-state index in [0.29, 0.717) is 37.0 Å². The second kappa shape index (κ2) is 26.0. The summed E-state index contributed by atoms with van der Waals surface area (Å²) in [6.07, 6.45) is 12.0. The molecule has 1 heterocycles. The van der Waals surface area contributed by atoms with Gasteiger partial charge in [-0.2, -0.15) is 0 Å². The van der Waals surface area contributed by atoms with Crippen molar-refractivity contribution in [3.63, 3.8) is 0 Å². The molecule has 1 aromatic carbocycles. The van der Waals surface area contributed by atoms with E-state index in [0.717, 1.165) is 52.1 Å². The molecule has 0 spiro atoms. The number of ketones is 1. The minimum atomic E-state index is -2.84. The number of rotatable bonds is 27. The van der Waals surface area contributed by atoms with Crippen LogP contribution in [0.1, 0.15) is 135 Å². The number of amides is 1. The molecule has 0 bridgehead atoms. The molecule has 1 amide bonds. The fourth-order valence-electron chi connectivity index (χ4n) is 6.03. The zero-order chi connectivity index (χ0) is 43.8. The molecule has 14 heteroatoms. The van der Waals surface area contributed by atoms with E-state index in [4.69, 9.17) is 27.8 Å². The van der Waals surface area contributed by atoms with Gasteiger partial charge in [0.05, 0.1) is 19.4 Å². The van der Waals surface area contributed by atoms with E-state index in [1.807, 2.05) is 0 Å². The van der Waals surface area contributed by atoms with E-state index in [1.165, 1.54) is 19.4 Å². The molecule has 0 aliphatic heterocycles. The van der Waals surface area contributed by atoms with Crippen LogP contribution in [0.3, 0.4) is 0 Å². The minimum Gasteiger partial charge on any atom is -0.481 e. The van der Waals surface area contributed by atoms with Crippen molar-refractivity contribution in [2.24, 2.45) is 5.92 Å². The van der Waals surface area contributed by atoms with Gasteiger partial charge in [-0.3, -0.25) is 14.4 Å². The van der Waals surface area contributed by atoms with Crippen LogP contribution >= 0.6 is 0 Å². The first-order chi connectivity index (χ1) is 28.0. The summed E-state index contributed by atoms with van der Waals surface area (Å²) in [5, 5.41) is 14.8. The third-order valence-electron chi connectivity index (χ3n) is 9.28. The Labute approximate surface area is 347 Å². The average molecular weight is 826 g/mol. The van der Waals surface area contributed by atoms with Gasteiger partial charge in [-0.25, -0.2) is 14.4 Å². The highest BCUT2D eigenvalue weighted by atomic mass is 16.6. The molecule has 0 aliphatic carbocycles. The van der Waals surface area contributed by atoms with E-state index < -0.39 is 65.8 Å². The average Bonchev–Trinajstić information content (AvgIpc) is 3.51. The van der Waals surface area contributed by atoms with Crippen LogP contribution in [0.25, 0.3) is 0 Å². The molecular weight excluding hydrogens is 762 g/mol. The Balaban J connectivity index is 2.33. The number of Topliss-reactive ketones (excluding diaryl/α,β-unsaturated/α-hetero) is 1. The van der Waals surface area contributed by atoms with Gasteiger partial charge in [-0.1, -0.05) is 75.7 Å². The number of unbranched alkanes of at least 4 members (excludes halogenated alkanes) is 8. The Bertz CT molecular complexity index is 1790. The van der Waals surface area contributed by atoms with Gasteiger partial charge >= 0.3 is 23.7 Å². The molecule has 14 nitrogen and oxygen atoms in total. The zero-order valence-electron chi connectivity index (χ0n) is 35.8. The van der Waals surface area contributed by atoms with E-state index >= 15 is 0 Å². The van der Waals surface area contributed by atoms with Gasteiger partial charge in [-0.15, -0.1) is 5.92 Å². The highest BCUT2D eigenvalue weighted by molar-refractivity contribution is 5.95. The van der Waals surface area contributed by atoms with Gasteiger partial charge in [0, 0.05) is 19.3 Å². The van der Waals surface area contributed by atoms with Gasteiger partial charge in [0.1, 0.15) is 29.8 Å². The molecule has 2 rings (SSSR count). The molecule has 2 aromatic rings. The number of benzene rings is 1. The Kier molecular flexibility index (Phi) is 22.1. The summed E-state index contributed by atoms with van der Waals surface area (Å²) >= 11 is 0. The molecule has 0 fully saturated rings. The molecule has 3 atom stereocenters. The van der Waals surface area contributed by atoms with Gasteiger partial charge in [0.15, 0.2) is 23.7 Å². The molecule has 0 aliphatic rings. The van der Waals surface area contributed by atoms with Crippen LogP contribution in [-0.4, -0.2) is 65.7 Å². The molecule has 2 N–H and O–H groups in total. The van der Waals surface area contributed by atoms with Crippen molar-refractivity contribution in [3.8, 4) is 17.6 Å². The molecule has 0 saturated heterocycles. The number of allylic oxidation sites excluding steroid dienone is 1. The number of carbonyl (C=O) groups excluding carboxylic acids is 5. The van der Waals surface area contributed by atoms with E-state index in [2.05, 4.69) is 24.1 Å². The quantitative estimate of drug-likeness (QED) is 0.0314. The Morgan fingerprint density at radius 3 is 2.15 bits per heavy atom. The molecule has 326 valence electrons. The van der Waals surface area contributed by atoms with Crippen molar-refractivity contribution in [1.82, 2.24) is 5.32 Å². The molecule has 59 heavy (non-hydrogen) atoms. The number of aliphatic hydroxyl groups is 1. The highest BCUT2D eigenvalue weighted by Crippen LogP contribution is 2.30. The number of hydrogen-bond acceptors (Lipinski definition) is 13. The third-order valence-corrected chi connectivity index (χ3v) is 9.28. The van der Waals surface area contributed by atoms with E-state index in [1.54, 1.807) is 58.0 Å². The van der Waals surface area contributed by atoms with Gasteiger partial charge in [0.2, 0.25) is 5.91 Å². The number of esters is 3. The zero-order valence-corrected chi connectivity index (χ0v) is 35.8. The van der Waals surface area contributed by atoms with Crippen molar-refractivity contribution in [2.45, 2.75) is 155 Å². The van der Waals surface area contributed by atoms with Crippen LogP contribution in [0.2, 0.25) is 0 Å². The number of aryl methyl sites for hydroxylation is 1. The predicted octanol–water partition coefficient (Wildman–Crippen LogP) is 6.79. The summed E-state index contributed by atoms with van der Waals surface area (Å²) in [5.41, 5.74) is -3.36. The summed E-state index contributed by atoms with van der Waals surface area (Å²) in [7, 11) is 1.16. The predicted molar refractivity (Wildman–Crippen MR) is 219 cm³/mol. The van der Waals surface area contributed by atoms with Crippen molar-refractivity contribution in [1.29, 1.82) is 0 Å². The molecule has 0 unspecified atom stereocenters. The number of nitrogens with one attached hydrogen (secondary N) is 1. The first-order valence-corrected chi connectivity index (χ1v) is 20.4. The summed E-state index contributed by atoms with van der Waals surface area (Å²) in [6, 6.07) is 5.50. The lowest BCUT2D eigenvalue weighted by atomic mass is 9.82. The smallest absolute Gasteiger partial charge is 0.481 e. The van der Waals surface area contributed by atoms with Crippen molar-refractivity contribution in [3.05, 3.63) is 64.1 Å². The van der Waals surface area contributed by atoms with Crippen LogP contribution < -0.4 is 15.9 Å². The summed E-state index contributed by atoms with van der Waals surface area (Å²) < 4.78 is 31.0. The maximum atomic E-state index is 14.3. The maximum Gasteiger partial charge on any atom is 0.519 e. The standard InChI is InChI=1S/C45H63NO13/c1-8-10-12-15-18-21-34(47)22-19-16-13-14-17-20-23-36(40(49)46-37(41(50)54-7)29-33-24-26-35(27-25-33)55-28-11-9-2)45(53,42(51)59-44(4,5)6)30-39(48)56-31-38-32(3)57-43(52)58-38/h20,23-27,36-37,53H,8,10,12-19,21-22,28-31H2,1-7H3,(H,46,49)/b23-20+/t36-,37+,45+/m1/s1. The first-order valence-electron chi connectivity index (χ1n) is 20.4. The summed E-state index contributed by atoms with van der Waals surface area (Å²) in [5.74, 6) is -0.611.